The molecule has 0 aliphatic heterocycles. The Morgan fingerprint density at radius 1 is 1.09 bits per heavy atom. The molecule has 0 unspecified atom stereocenters. The van der Waals surface area contributed by atoms with E-state index in [9.17, 15) is 14.4 Å². The SMILES string of the molecule is O=C(COC(=O)[C@H](Cc1c[nH]c2ccccc12)NC(=O)c1cccs1)NC1CCCCC1. The van der Waals surface area contributed by atoms with Gasteiger partial charge in [-0.3, -0.25) is 9.59 Å². The van der Waals surface area contributed by atoms with Crippen LogP contribution in [0.25, 0.3) is 10.9 Å². The van der Waals surface area contributed by atoms with Crippen LogP contribution in [0.3, 0.4) is 0 Å². The first-order valence-corrected chi connectivity index (χ1v) is 11.8. The predicted molar refractivity (Wildman–Crippen MR) is 124 cm³/mol. The molecule has 0 spiro atoms. The fourth-order valence-corrected chi connectivity index (χ4v) is 4.73. The van der Waals surface area contributed by atoms with Gasteiger partial charge in [0.15, 0.2) is 6.61 Å². The van der Waals surface area contributed by atoms with Crippen LogP contribution < -0.4 is 10.6 Å². The zero-order chi connectivity index (χ0) is 22.3. The van der Waals surface area contributed by atoms with Crippen LogP contribution >= 0.6 is 11.3 Å². The van der Waals surface area contributed by atoms with E-state index in [-0.39, 0.29) is 30.9 Å². The van der Waals surface area contributed by atoms with Crippen molar-refractivity contribution in [2.75, 3.05) is 6.61 Å². The maximum absolute atomic E-state index is 12.9. The van der Waals surface area contributed by atoms with Crippen molar-refractivity contribution >= 4 is 40.0 Å². The Morgan fingerprint density at radius 2 is 1.91 bits per heavy atom. The maximum atomic E-state index is 12.9. The fourth-order valence-electron chi connectivity index (χ4n) is 4.10. The molecule has 8 heteroatoms. The first-order valence-electron chi connectivity index (χ1n) is 11.0. The Balaban J connectivity index is 1.42. The lowest BCUT2D eigenvalue weighted by atomic mass is 9.95. The number of hydrogen-bond acceptors (Lipinski definition) is 5. The minimum Gasteiger partial charge on any atom is -0.454 e. The quantitative estimate of drug-likeness (QED) is 0.454. The van der Waals surface area contributed by atoms with Gasteiger partial charge in [0.05, 0.1) is 4.88 Å². The molecule has 2 amide bonds. The summed E-state index contributed by atoms with van der Waals surface area (Å²) < 4.78 is 5.31. The van der Waals surface area contributed by atoms with Crippen molar-refractivity contribution in [1.82, 2.24) is 15.6 Å². The van der Waals surface area contributed by atoms with Gasteiger partial charge in [-0.25, -0.2) is 4.79 Å². The molecule has 3 aromatic rings. The summed E-state index contributed by atoms with van der Waals surface area (Å²) in [4.78, 5) is 41.5. The predicted octanol–water partition coefficient (Wildman–Crippen LogP) is 3.56. The minimum atomic E-state index is -0.911. The Bertz CT molecular complexity index is 1070. The van der Waals surface area contributed by atoms with Crippen LogP contribution in [0.5, 0.6) is 0 Å². The average molecular weight is 454 g/mol. The Hall–Kier alpha value is -3.13. The molecule has 32 heavy (non-hydrogen) atoms. The standard InChI is InChI=1S/C24H27N3O4S/c28-22(26-17-7-2-1-3-8-17)15-31-24(30)20(27-23(29)21-11-6-12-32-21)13-16-14-25-19-10-5-4-9-18(16)19/h4-6,9-12,14,17,20,25H,1-3,7-8,13,15H2,(H,26,28)(H,27,29)/t20-/m0/s1. The van der Waals surface area contributed by atoms with Crippen molar-refractivity contribution in [3.8, 4) is 0 Å². The van der Waals surface area contributed by atoms with Crippen molar-refractivity contribution in [3.63, 3.8) is 0 Å². The highest BCUT2D eigenvalue weighted by Crippen LogP contribution is 2.20. The number of rotatable bonds is 8. The third kappa shape index (κ3) is 5.56. The van der Waals surface area contributed by atoms with E-state index in [1.165, 1.54) is 17.8 Å². The lowest BCUT2D eigenvalue weighted by Gasteiger charge is -2.23. The van der Waals surface area contributed by atoms with Crippen molar-refractivity contribution < 1.29 is 19.1 Å². The van der Waals surface area contributed by atoms with Gasteiger partial charge in [-0.1, -0.05) is 43.5 Å². The van der Waals surface area contributed by atoms with Gasteiger partial charge < -0.3 is 20.4 Å². The number of aromatic nitrogens is 1. The highest BCUT2D eigenvalue weighted by Gasteiger charge is 2.26. The number of hydrogen-bond donors (Lipinski definition) is 3. The van der Waals surface area contributed by atoms with Crippen LogP contribution in [0, 0.1) is 0 Å². The molecule has 3 N–H and O–H groups in total. The summed E-state index contributed by atoms with van der Waals surface area (Å²) in [5.74, 6) is -1.27. The first-order chi connectivity index (χ1) is 15.6. The number of carbonyl (C=O) groups excluding carboxylic acids is 3. The number of H-pyrrole nitrogens is 1. The molecule has 1 aliphatic rings. The van der Waals surface area contributed by atoms with Crippen LogP contribution in [0.2, 0.25) is 0 Å². The number of aromatic amines is 1. The van der Waals surface area contributed by atoms with Crippen LogP contribution in [0.15, 0.2) is 48.0 Å². The third-order valence-corrected chi connectivity index (χ3v) is 6.62. The first kappa shape index (κ1) is 22.1. The number of nitrogens with one attached hydrogen (secondary N) is 3. The molecule has 1 aliphatic carbocycles. The Morgan fingerprint density at radius 3 is 2.69 bits per heavy atom. The Kier molecular flexibility index (Phi) is 7.21. The molecule has 0 saturated heterocycles. The van der Waals surface area contributed by atoms with E-state index in [0.29, 0.717) is 4.88 Å². The third-order valence-electron chi connectivity index (χ3n) is 5.75. The van der Waals surface area contributed by atoms with Gasteiger partial charge in [-0.05, 0) is 35.9 Å². The number of para-hydroxylation sites is 1. The largest absolute Gasteiger partial charge is 0.454 e. The molecule has 1 atom stereocenters. The van der Waals surface area contributed by atoms with Crippen LogP contribution in [0.1, 0.15) is 47.3 Å². The minimum absolute atomic E-state index is 0.149. The lowest BCUT2D eigenvalue weighted by molar-refractivity contribution is -0.150. The molecule has 0 radical (unpaired) electrons. The van der Waals surface area contributed by atoms with Gasteiger partial charge in [-0.15, -0.1) is 11.3 Å². The number of thiophene rings is 1. The molecule has 0 bridgehead atoms. The van der Waals surface area contributed by atoms with Gasteiger partial charge in [0.1, 0.15) is 6.04 Å². The zero-order valence-corrected chi connectivity index (χ0v) is 18.6. The number of carbonyl (C=O) groups is 3. The fraction of sp³-hybridized carbons (Fsp3) is 0.375. The highest BCUT2D eigenvalue weighted by molar-refractivity contribution is 7.12. The number of fused-ring (bicyclic) bond motifs is 1. The number of ether oxygens (including phenoxy) is 1. The van der Waals surface area contributed by atoms with Crippen molar-refractivity contribution in [2.45, 2.75) is 50.6 Å². The van der Waals surface area contributed by atoms with E-state index in [4.69, 9.17) is 4.74 Å². The normalized spacial score (nSPS) is 15.2. The summed E-state index contributed by atoms with van der Waals surface area (Å²) in [5, 5.41) is 8.50. The number of benzene rings is 1. The molecular formula is C24H27N3O4S. The Labute approximate surface area is 190 Å². The van der Waals surface area contributed by atoms with Gasteiger partial charge in [0, 0.05) is 29.6 Å². The average Bonchev–Trinajstić information content (AvgIpc) is 3.48. The lowest BCUT2D eigenvalue weighted by Crippen LogP contribution is -2.45. The van der Waals surface area contributed by atoms with Crippen LogP contribution in [0.4, 0.5) is 0 Å². The smallest absolute Gasteiger partial charge is 0.329 e. The molecule has 4 rings (SSSR count). The van der Waals surface area contributed by atoms with E-state index in [0.717, 1.165) is 42.1 Å². The maximum Gasteiger partial charge on any atom is 0.329 e. The topological polar surface area (TPSA) is 100 Å². The van der Waals surface area contributed by atoms with Gasteiger partial charge in [0.25, 0.3) is 11.8 Å². The van der Waals surface area contributed by atoms with Gasteiger partial charge in [-0.2, -0.15) is 0 Å². The van der Waals surface area contributed by atoms with E-state index in [2.05, 4.69) is 15.6 Å². The number of amides is 2. The zero-order valence-electron chi connectivity index (χ0n) is 17.8. The molecule has 2 aromatic heterocycles. The van der Waals surface area contributed by atoms with Crippen molar-refractivity contribution in [3.05, 3.63) is 58.4 Å². The monoisotopic (exact) mass is 453 g/mol. The summed E-state index contributed by atoms with van der Waals surface area (Å²) in [6.45, 7) is -0.353. The molecule has 2 heterocycles. The molecule has 1 saturated carbocycles. The summed E-state index contributed by atoms with van der Waals surface area (Å²) in [7, 11) is 0. The molecule has 168 valence electrons. The molecule has 1 fully saturated rings. The van der Waals surface area contributed by atoms with E-state index >= 15 is 0 Å². The number of esters is 1. The summed E-state index contributed by atoms with van der Waals surface area (Å²) in [5.41, 5.74) is 1.84. The highest BCUT2D eigenvalue weighted by atomic mass is 32.1. The molecule has 7 nitrogen and oxygen atoms in total. The second kappa shape index (κ2) is 10.5. The van der Waals surface area contributed by atoms with E-state index < -0.39 is 12.0 Å². The molecular weight excluding hydrogens is 426 g/mol. The van der Waals surface area contributed by atoms with Crippen molar-refractivity contribution in [2.24, 2.45) is 0 Å². The van der Waals surface area contributed by atoms with Crippen LogP contribution in [-0.2, 0) is 20.7 Å². The second-order valence-corrected chi connectivity index (χ2v) is 9.02. The van der Waals surface area contributed by atoms with E-state index in [1.807, 2.05) is 30.5 Å². The molecule has 1 aromatic carbocycles. The van der Waals surface area contributed by atoms with Crippen molar-refractivity contribution in [1.29, 1.82) is 0 Å². The summed E-state index contributed by atoms with van der Waals surface area (Å²) in [6, 6.07) is 10.5. The van der Waals surface area contributed by atoms with Gasteiger partial charge >= 0.3 is 5.97 Å². The second-order valence-electron chi connectivity index (χ2n) is 8.08. The van der Waals surface area contributed by atoms with E-state index in [1.54, 1.807) is 17.5 Å². The van der Waals surface area contributed by atoms with Gasteiger partial charge in [0.2, 0.25) is 0 Å². The summed E-state index contributed by atoms with van der Waals surface area (Å²) in [6.07, 6.45) is 7.40. The summed E-state index contributed by atoms with van der Waals surface area (Å²) >= 11 is 1.30. The van der Waals surface area contributed by atoms with Crippen LogP contribution in [-0.4, -0.2) is 41.5 Å².